The Balaban J connectivity index is 0.850. The van der Waals surface area contributed by atoms with Crippen molar-refractivity contribution in [3.63, 3.8) is 0 Å². The van der Waals surface area contributed by atoms with Crippen LogP contribution < -0.4 is 14.7 Å². The molecule has 0 fully saturated rings. The van der Waals surface area contributed by atoms with E-state index in [9.17, 15) is 0 Å². The summed E-state index contributed by atoms with van der Waals surface area (Å²) in [4.78, 5) is 7.22. The van der Waals surface area contributed by atoms with E-state index in [1.165, 1.54) is 58.8 Å². The van der Waals surface area contributed by atoms with Crippen LogP contribution in [0.2, 0.25) is 0 Å². The number of benzene rings is 13. The van der Waals surface area contributed by atoms with Crippen LogP contribution in [-0.2, 0) is 0 Å². The van der Waals surface area contributed by atoms with E-state index in [4.69, 9.17) is 4.42 Å². The molecule has 0 unspecified atom stereocenters. The maximum Gasteiger partial charge on any atom is 0.135 e. The molecule has 83 heavy (non-hydrogen) atoms. The number of rotatable bonds is 11. The molecular weight excluding hydrogens is 1030 g/mol. The Labute approximate surface area is 485 Å². The van der Waals surface area contributed by atoms with Crippen LogP contribution >= 0.6 is 11.3 Å². The summed E-state index contributed by atoms with van der Waals surface area (Å²) in [5.74, 6) is 0. The molecule has 4 nitrogen and oxygen atoms in total. The largest absolute Gasteiger partial charge is 0.456 e. The maximum absolute atomic E-state index is 6.30. The number of fused-ring (bicyclic) bond motifs is 10. The summed E-state index contributed by atoms with van der Waals surface area (Å²) in [6.45, 7) is 0. The molecule has 0 saturated heterocycles. The number of para-hydroxylation sites is 5. The molecule has 5 heteroatoms. The van der Waals surface area contributed by atoms with Crippen molar-refractivity contribution >= 4 is 127 Å². The molecule has 0 saturated carbocycles. The van der Waals surface area contributed by atoms with Gasteiger partial charge in [-0.3, -0.25) is 0 Å². The Morgan fingerprint density at radius 1 is 0.289 bits per heavy atom. The molecule has 0 radical (unpaired) electrons. The Kier molecular flexibility index (Phi) is 11.7. The lowest BCUT2D eigenvalue weighted by Gasteiger charge is -2.28. The molecule has 15 aromatic rings. The predicted molar refractivity (Wildman–Crippen MR) is 352 cm³/mol. The summed E-state index contributed by atoms with van der Waals surface area (Å²) in [6, 6.07) is 110. The predicted octanol–water partition coefficient (Wildman–Crippen LogP) is 22.8. The van der Waals surface area contributed by atoms with E-state index >= 15 is 0 Å². The number of nitrogens with zero attached hydrogens (tertiary/aromatic N) is 3. The van der Waals surface area contributed by atoms with E-state index < -0.39 is 0 Å². The molecule has 0 bridgehead atoms. The molecule has 0 atom stereocenters. The van der Waals surface area contributed by atoms with E-state index in [2.05, 4.69) is 312 Å². The van der Waals surface area contributed by atoms with Crippen LogP contribution in [0.3, 0.4) is 0 Å². The van der Waals surface area contributed by atoms with Crippen molar-refractivity contribution in [1.29, 1.82) is 0 Å². The SMILES string of the molecule is C(=C1\c2cc(-c3cc(N(c4ccccc4)c4ccc5sc6ccc(N(c7ccccc7)c7ccc8oc9ccccc9c8c7)cc6c5c4)c4ccccc4c3)ccc2-c2c1cccc2N(c1ccccc1)c1ccccc1)/c1ccccc1. The van der Waals surface area contributed by atoms with Crippen LogP contribution in [-0.4, -0.2) is 0 Å². The van der Waals surface area contributed by atoms with Crippen molar-refractivity contribution in [3.8, 4) is 22.3 Å². The van der Waals surface area contributed by atoms with Crippen molar-refractivity contribution < 1.29 is 4.42 Å². The molecule has 2 aromatic heterocycles. The standard InChI is InChI=1S/C78H51N3OS/c1-6-21-52(22-7-1)45-67-65-34-20-35-72(80(57-26-10-3-11-27-57)58-28-12-4-13-29-58)78(65)66-41-37-53(47-68(66)67)55-46-54-23-16-17-32-63(54)73(48-55)81(59-30-14-5-15-31-59)62-40-44-77-71(51-62)70-50-61(39-43-76(70)83-77)79(56-24-8-2-9-25-56)60-38-42-75-69(49-60)64-33-18-19-36-74(64)82-75/h1-51H/b67-45+. The smallest absolute Gasteiger partial charge is 0.135 e. The minimum Gasteiger partial charge on any atom is -0.456 e. The van der Waals surface area contributed by atoms with Gasteiger partial charge in [-0.2, -0.15) is 0 Å². The normalized spacial score (nSPS) is 12.4. The number of hydrogen-bond donors (Lipinski definition) is 0. The van der Waals surface area contributed by atoms with Crippen LogP contribution in [0.5, 0.6) is 0 Å². The van der Waals surface area contributed by atoms with Crippen molar-refractivity contribution in [2.75, 3.05) is 14.7 Å². The molecule has 1 aliphatic carbocycles. The van der Waals surface area contributed by atoms with Gasteiger partial charge in [0.15, 0.2) is 0 Å². The van der Waals surface area contributed by atoms with Gasteiger partial charge in [0.2, 0.25) is 0 Å². The van der Waals surface area contributed by atoms with Crippen LogP contribution in [0.25, 0.3) is 86.8 Å². The molecule has 2 heterocycles. The van der Waals surface area contributed by atoms with E-state index in [0.29, 0.717) is 0 Å². The third-order valence-electron chi connectivity index (χ3n) is 16.3. The third kappa shape index (κ3) is 8.44. The van der Waals surface area contributed by atoms with Gasteiger partial charge in [-0.15, -0.1) is 11.3 Å². The van der Waals surface area contributed by atoms with Gasteiger partial charge in [0.1, 0.15) is 11.2 Å². The first-order chi connectivity index (χ1) is 41.1. The maximum atomic E-state index is 6.30. The van der Waals surface area contributed by atoms with E-state index in [-0.39, 0.29) is 0 Å². The lowest BCUT2D eigenvalue weighted by Crippen LogP contribution is -2.11. The van der Waals surface area contributed by atoms with Gasteiger partial charge in [0.25, 0.3) is 0 Å². The first-order valence-corrected chi connectivity index (χ1v) is 29.0. The summed E-state index contributed by atoms with van der Waals surface area (Å²) in [7, 11) is 0. The number of anilines is 9. The van der Waals surface area contributed by atoms with Gasteiger partial charge in [0.05, 0.1) is 11.4 Å². The average molecular weight is 1080 g/mol. The Morgan fingerprint density at radius 2 is 0.807 bits per heavy atom. The molecule has 1 aliphatic rings. The molecule has 13 aromatic carbocycles. The monoisotopic (exact) mass is 1080 g/mol. The molecule has 0 N–H and O–H groups in total. The van der Waals surface area contributed by atoms with Gasteiger partial charge >= 0.3 is 0 Å². The van der Waals surface area contributed by atoms with Gasteiger partial charge in [-0.1, -0.05) is 170 Å². The van der Waals surface area contributed by atoms with Gasteiger partial charge in [-0.25, -0.2) is 0 Å². The second kappa shape index (κ2) is 20.1. The van der Waals surface area contributed by atoms with Crippen molar-refractivity contribution in [2.45, 2.75) is 0 Å². The highest BCUT2D eigenvalue weighted by Crippen LogP contribution is 2.54. The second-order valence-corrected chi connectivity index (χ2v) is 22.3. The van der Waals surface area contributed by atoms with E-state index in [1.54, 1.807) is 0 Å². The van der Waals surface area contributed by atoms with Gasteiger partial charge in [-0.05, 0) is 184 Å². The van der Waals surface area contributed by atoms with Crippen LogP contribution in [0.15, 0.2) is 308 Å². The zero-order chi connectivity index (χ0) is 54.8. The third-order valence-corrected chi connectivity index (χ3v) is 17.5. The number of furan rings is 1. The summed E-state index contributed by atoms with van der Waals surface area (Å²) < 4.78 is 8.78. The average Bonchev–Trinajstić information content (AvgIpc) is 3.35. The minimum absolute atomic E-state index is 0.878. The lowest BCUT2D eigenvalue weighted by atomic mass is 9.94. The quantitative estimate of drug-likeness (QED) is 0.129. The molecule has 16 rings (SSSR count). The fraction of sp³-hybridized carbons (Fsp3) is 0. The number of hydrogen-bond acceptors (Lipinski definition) is 5. The fourth-order valence-corrected chi connectivity index (χ4v) is 13.6. The fourth-order valence-electron chi connectivity index (χ4n) is 12.6. The van der Waals surface area contributed by atoms with Crippen molar-refractivity contribution in [3.05, 3.63) is 320 Å². The van der Waals surface area contributed by atoms with E-state index in [1.807, 2.05) is 23.5 Å². The Bertz CT molecular complexity index is 4940. The second-order valence-electron chi connectivity index (χ2n) is 21.2. The number of thiophene rings is 1. The highest BCUT2D eigenvalue weighted by Gasteiger charge is 2.30. The Morgan fingerprint density at radius 3 is 1.46 bits per heavy atom. The first kappa shape index (κ1) is 48.2. The van der Waals surface area contributed by atoms with Crippen LogP contribution in [0, 0.1) is 0 Å². The van der Waals surface area contributed by atoms with E-state index in [0.717, 1.165) is 89.8 Å². The highest BCUT2D eigenvalue weighted by molar-refractivity contribution is 7.25. The molecule has 0 amide bonds. The topological polar surface area (TPSA) is 22.9 Å². The minimum atomic E-state index is 0.878. The zero-order valence-electron chi connectivity index (χ0n) is 45.1. The van der Waals surface area contributed by atoms with Crippen molar-refractivity contribution in [1.82, 2.24) is 0 Å². The molecule has 0 spiro atoms. The highest BCUT2D eigenvalue weighted by atomic mass is 32.1. The summed E-state index contributed by atoms with van der Waals surface area (Å²) in [6.07, 6.45) is 2.37. The van der Waals surface area contributed by atoms with Crippen LogP contribution in [0.1, 0.15) is 16.7 Å². The molecule has 390 valence electrons. The molecule has 0 aliphatic heterocycles. The lowest BCUT2D eigenvalue weighted by molar-refractivity contribution is 0.669. The summed E-state index contributed by atoms with van der Waals surface area (Å²) in [5, 5.41) is 6.97. The van der Waals surface area contributed by atoms with Gasteiger partial charge in [0, 0.05) is 81.7 Å². The van der Waals surface area contributed by atoms with Crippen LogP contribution in [0.4, 0.5) is 51.2 Å². The zero-order valence-corrected chi connectivity index (χ0v) is 45.9. The van der Waals surface area contributed by atoms with Gasteiger partial charge < -0.3 is 19.1 Å². The summed E-state index contributed by atoms with van der Waals surface area (Å²) >= 11 is 1.84. The first-order valence-electron chi connectivity index (χ1n) is 28.2. The summed E-state index contributed by atoms with van der Waals surface area (Å²) in [5.41, 5.74) is 21.1. The van der Waals surface area contributed by atoms with Crippen molar-refractivity contribution in [2.24, 2.45) is 0 Å². The molecular formula is C78H51N3OS. The Hall–Kier alpha value is -10.7.